The molecule has 34 heavy (non-hydrogen) atoms. The van der Waals surface area contributed by atoms with Gasteiger partial charge in [-0.3, -0.25) is 4.79 Å². The van der Waals surface area contributed by atoms with Crippen LogP contribution in [0.5, 0.6) is 0 Å². The van der Waals surface area contributed by atoms with Crippen molar-refractivity contribution in [1.82, 2.24) is 10.3 Å². The molecule has 3 amide bonds. The van der Waals surface area contributed by atoms with Gasteiger partial charge in [-0.15, -0.1) is 0 Å². The van der Waals surface area contributed by atoms with Crippen LogP contribution in [0.2, 0.25) is 0 Å². The van der Waals surface area contributed by atoms with Crippen LogP contribution in [0.4, 0.5) is 16.2 Å². The number of rotatable bonds is 8. The Morgan fingerprint density at radius 1 is 1.00 bits per heavy atom. The maximum atomic E-state index is 13.1. The predicted octanol–water partition coefficient (Wildman–Crippen LogP) is 5.18. The molecular formula is C26H30N4O4. The molecule has 1 atom stereocenters. The highest BCUT2D eigenvalue weighted by Gasteiger charge is 2.24. The van der Waals surface area contributed by atoms with Gasteiger partial charge in [-0.2, -0.15) is 0 Å². The fraction of sp³-hybridized carbons (Fsp3) is 0.308. The van der Waals surface area contributed by atoms with Crippen molar-refractivity contribution < 1.29 is 19.5 Å². The van der Waals surface area contributed by atoms with E-state index < -0.39 is 23.9 Å². The normalized spacial score (nSPS) is 11.6. The number of nitrogens with one attached hydrogen (secondary N) is 3. The number of amides is 3. The number of carbonyl (C=O) groups is 3. The molecule has 1 aromatic heterocycles. The number of para-hydroxylation sites is 1. The van der Waals surface area contributed by atoms with Crippen LogP contribution in [0.25, 0.3) is 10.9 Å². The van der Waals surface area contributed by atoms with Gasteiger partial charge in [0.05, 0.1) is 11.2 Å². The lowest BCUT2D eigenvalue weighted by Crippen LogP contribution is -2.41. The molecule has 0 aliphatic carbocycles. The number of carbonyl (C=O) groups excluding carboxylic acids is 2. The smallest absolute Gasteiger partial charge is 0.326 e. The van der Waals surface area contributed by atoms with Crippen LogP contribution in [0.3, 0.4) is 0 Å². The molecule has 3 aromatic rings. The van der Waals surface area contributed by atoms with Crippen LogP contribution in [-0.2, 0) is 4.79 Å². The number of unbranched alkanes of at least 4 members (excludes halogenated alkanes) is 1. The number of hydrogen-bond donors (Lipinski definition) is 4. The van der Waals surface area contributed by atoms with Gasteiger partial charge in [-0.25, -0.2) is 14.6 Å². The molecule has 2 aromatic carbocycles. The summed E-state index contributed by atoms with van der Waals surface area (Å²) in [6, 6.07) is 11.2. The van der Waals surface area contributed by atoms with E-state index in [1.807, 2.05) is 52.0 Å². The number of anilines is 2. The summed E-state index contributed by atoms with van der Waals surface area (Å²) in [4.78, 5) is 42.0. The first-order valence-corrected chi connectivity index (χ1v) is 11.3. The van der Waals surface area contributed by atoms with Crippen molar-refractivity contribution in [3.63, 3.8) is 0 Å². The molecule has 8 nitrogen and oxygen atoms in total. The van der Waals surface area contributed by atoms with E-state index in [-0.39, 0.29) is 11.4 Å². The Hall–Kier alpha value is -3.94. The molecule has 0 aliphatic rings. The molecule has 0 spiro atoms. The Morgan fingerprint density at radius 3 is 2.32 bits per heavy atom. The van der Waals surface area contributed by atoms with E-state index in [9.17, 15) is 19.5 Å². The predicted molar refractivity (Wildman–Crippen MR) is 133 cm³/mol. The van der Waals surface area contributed by atoms with E-state index in [4.69, 9.17) is 0 Å². The van der Waals surface area contributed by atoms with Gasteiger partial charge in [0.1, 0.15) is 6.04 Å². The zero-order chi connectivity index (χ0) is 24.8. The van der Waals surface area contributed by atoms with Crippen LogP contribution < -0.4 is 16.0 Å². The largest absolute Gasteiger partial charge is 0.480 e. The second kappa shape index (κ2) is 10.8. The third-order valence-corrected chi connectivity index (χ3v) is 5.55. The minimum atomic E-state index is -1.11. The Morgan fingerprint density at radius 2 is 1.68 bits per heavy atom. The summed E-state index contributed by atoms with van der Waals surface area (Å²) >= 11 is 0. The monoisotopic (exact) mass is 462 g/mol. The topological polar surface area (TPSA) is 120 Å². The number of aryl methyl sites for hydroxylation is 3. The summed E-state index contributed by atoms with van der Waals surface area (Å²) in [6.07, 6.45) is 1.77. The Kier molecular flexibility index (Phi) is 7.83. The van der Waals surface area contributed by atoms with Gasteiger partial charge in [0.25, 0.3) is 5.91 Å². The van der Waals surface area contributed by atoms with E-state index in [1.54, 1.807) is 18.2 Å². The highest BCUT2D eigenvalue weighted by atomic mass is 16.4. The number of pyridine rings is 1. The summed E-state index contributed by atoms with van der Waals surface area (Å²) < 4.78 is 0. The number of carboxylic acid groups (broad SMARTS) is 1. The third kappa shape index (κ3) is 5.89. The maximum Gasteiger partial charge on any atom is 0.326 e. The molecule has 0 fully saturated rings. The number of fused-ring (bicyclic) bond motifs is 1. The molecule has 178 valence electrons. The maximum absolute atomic E-state index is 13.1. The quantitative estimate of drug-likeness (QED) is 0.368. The average molecular weight is 463 g/mol. The number of hydrogen-bond acceptors (Lipinski definition) is 4. The van der Waals surface area contributed by atoms with E-state index >= 15 is 0 Å². The van der Waals surface area contributed by atoms with Gasteiger partial charge in [-0.1, -0.05) is 55.7 Å². The Labute approximate surface area is 198 Å². The molecule has 0 saturated heterocycles. The molecule has 1 heterocycles. The van der Waals surface area contributed by atoms with E-state index in [2.05, 4.69) is 20.9 Å². The van der Waals surface area contributed by atoms with E-state index in [1.165, 1.54) is 0 Å². The number of nitrogens with zero attached hydrogens (tertiary/aromatic N) is 1. The second-order valence-corrected chi connectivity index (χ2v) is 8.44. The molecule has 0 bridgehead atoms. The second-order valence-electron chi connectivity index (χ2n) is 8.44. The van der Waals surface area contributed by atoms with Crippen LogP contribution in [-0.4, -0.2) is 34.0 Å². The number of aromatic nitrogens is 1. The first kappa shape index (κ1) is 24.7. The molecule has 0 radical (unpaired) electrons. The minimum Gasteiger partial charge on any atom is -0.480 e. The zero-order valence-corrected chi connectivity index (χ0v) is 19.9. The summed E-state index contributed by atoms with van der Waals surface area (Å²) in [5.41, 5.74) is 4.32. The third-order valence-electron chi connectivity index (χ3n) is 5.55. The van der Waals surface area contributed by atoms with Gasteiger partial charge in [-0.05, 0) is 50.5 Å². The lowest BCUT2D eigenvalue weighted by Gasteiger charge is -2.17. The van der Waals surface area contributed by atoms with Crippen molar-refractivity contribution in [3.8, 4) is 0 Å². The summed E-state index contributed by atoms with van der Waals surface area (Å²) in [5, 5.41) is 18.4. The Bertz CT molecular complexity index is 1220. The molecular weight excluding hydrogens is 432 g/mol. The first-order chi connectivity index (χ1) is 16.2. The van der Waals surface area contributed by atoms with Crippen molar-refractivity contribution in [2.24, 2.45) is 0 Å². The number of aliphatic carboxylic acids is 1. The fourth-order valence-corrected chi connectivity index (χ4v) is 3.92. The van der Waals surface area contributed by atoms with Crippen molar-refractivity contribution in [2.45, 2.75) is 53.0 Å². The van der Waals surface area contributed by atoms with Gasteiger partial charge >= 0.3 is 12.0 Å². The van der Waals surface area contributed by atoms with Gasteiger partial charge in [0.15, 0.2) is 5.69 Å². The molecule has 3 rings (SSSR count). The van der Waals surface area contributed by atoms with Crippen LogP contribution >= 0.6 is 0 Å². The lowest BCUT2D eigenvalue weighted by atomic mass is 10.1. The molecule has 0 saturated carbocycles. The standard InChI is InChI=1S/C26H30N4O4/c1-5-6-10-20(25(32)33)28-24(31)23-21(14-18-9-7-8-11-19(18)27-23)29-26(34)30-22-16(3)12-15(2)13-17(22)4/h7-9,11-14,20H,5-6,10H2,1-4H3,(H,28,31)(H,32,33)(H2,29,30,34)/t20-/m0/s1. The summed E-state index contributed by atoms with van der Waals surface area (Å²) in [5.74, 6) is -1.77. The first-order valence-electron chi connectivity index (χ1n) is 11.3. The zero-order valence-electron chi connectivity index (χ0n) is 19.9. The van der Waals surface area contributed by atoms with Crippen LogP contribution in [0, 0.1) is 20.8 Å². The van der Waals surface area contributed by atoms with Gasteiger partial charge in [0.2, 0.25) is 0 Å². The van der Waals surface area contributed by atoms with Gasteiger partial charge < -0.3 is 21.1 Å². The molecule has 8 heteroatoms. The van der Waals surface area contributed by atoms with E-state index in [0.29, 0.717) is 24.0 Å². The highest BCUT2D eigenvalue weighted by molar-refractivity contribution is 6.08. The fourth-order valence-electron chi connectivity index (χ4n) is 3.92. The summed E-state index contributed by atoms with van der Waals surface area (Å²) in [6.45, 7) is 7.76. The van der Waals surface area contributed by atoms with Crippen molar-refractivity contribution in [1.29, 1.82) is 0 Å². The van der Waals surface area contributed by atoms with Crippen molar-refractivity contribution in [3.05, 3.63) is 64.8 Å². The van der Waals surface area contributed by atoms with Crippen molar-refractivity contribution >= 4 is 40.2 Å². The molecule has 4 N–H and O–H groups in total. The van der Waals surface area contributed by atoms with Gasteiger partial charge in [0, 0.05) is 11.1 Å². The van der Waals surface area contributed by atoms with E-state index in [0.717, 1.165) is 28.5 Å². The van der Waals surface area contributed by atoms with Crippen LogP contribution in [0.15, 0.2) is 42.5 Å². The number of urea groups is 1. The Balaban J connectivity index is 1.91. The average Bonchev–Trinajstić information content (AvgIpc) is 2.78. The number of carboxylic acids is 1. The lowest BCUT2D eigenvalue weighted by molar-refractivity contribution is -0.139. The van der Waals surface area contributed by atoms with Crippen LogP contribution in [0.1, 0.15) is 53.4 Å². The summed E-state index contributed by atoms with van der Waals surface area (Å²) in [7, 11) is 0. The number of benzene rings is 2. The highest BCUT2D eigenvalue weighted by Crippen LogP contribution is 2.24. The van der Waals surface area contributed by atoms with Crippen molar-refractivity contribution in [2.75, 3.05) is 10.6 Å². The molecule has 0 unspecified atom stereocenters. The minimum absolute atomic E-state index is 0.0473. The molecule has 0 aliphatic heterocycles. The SMILES string of the molecule is CCCC[C@H](NC(=O)c1nc2ccccc2cc1NC(=O)Nc1c(C)cc(C)cc1C)C(=O)O.